The number of hydrogen-bond acceptors (Lipinski definition) is 5. The Morgan fingerprint density at radius 3 is 2.38 bits per heavy atom. The Bertz CT molecular complexity index is 1380. The quantitative estimate of drug-likeness (QED) is 0.530. The number of anilines is 1. The van der Waals surface area contributed by atoms with Gasteiger partial charge < -0.3 is 5.32 Å². The van der Waals surface area contributed by atoms with Crippen molar-refractivity contribution in [2.24, 2.45) is 0 Å². The molecule has 8 nitrogen and oxygen atoms in total. The summed E-state index contributed by atoms with van der Waals surface area (Å²) in [5.74, 6) is -0.380. The molecule has 1 aromatic heterocycles. The summed E-state index contributed by atoms with van der Waals surface area (Å²) in [6, 6.07) is 13.5. The lowest BCUT2D eigenvalue weighted by Gasteiger charge is -2.20. The van der Waals surface area contributed by atoms with Crippen LogP contribution in [0.2, 0.25) is 0 Å². The van der Waals surface area contributed by atoms with E-state index in [1.807, 2.05) is 26.0 Å². The first-order valence-corrected chi connectivity index (χ1v) is 12.6. The van der Waals surface area contributed by atoms with E-state index < -0.39 is 15.6 Å². The molecule has 3 rings (SSSR count). The van der Waals surface area contributed by atoms with Gasteiger partial charge in [0.05, 0.1) is 10.6 Å². The molecule has 1 N–H and O–H groups in total. The lowest BCUT2D eigenvalue weighted by Crippen LogP contribution is -2.31. The molecule has 0 bridgehead atoms. The third-order valence-electron chi connectivity index (χ3n) is 5.85. The molecule has 3 aromatic rings. The highest BCUT2D eigenvalue weighted by atomic mass is 32.2. The standard InChI is InChI=1S/C25H30N4O4S/c1-6-28(7-2)34(32,33)23-15-20(12-11-18(23)4)22-13-14-25(31)29(27-22)16-24(30)26-21-10-8-9-17(3)19(21)5/h8-15H,6-7,16H2,1-5H3,(H,26,30). The molecular weight excluding hydrogens is 452 g/mol. The molecule has 0 aliphatic rings. The maximum absolute atomic E-state index is 13.1. The van der Waals surface area contributed by atoms with Crippen LogP contribution in [0.25, 0.3) is 11.3 Å². The number of rotatable bonds is 8. The molecule has 0 aliphatic heterocycles. The molecule has 34 heavy (non-hydrogen) atoms. The average Bonchev–Trinajstić information content (AvgIpc) is 2.79. The Balaban J connectivity index is 1.93. The maximum Gasteiger partial charge on any atom is 0.267 e. The zero-order valence-corrected chi connectivity index (χ0v) is 20.9. The van der Waals surface area contributed by atoms with E-state index in [-0.39, 0.29) is 17.3 Å². The summed E-state index contributed by atoms with van der Waals surface area (Å²) >= 11 is 0. The molecule has 1 heterocycles. The van der Waals surface area contributed by atoms with Gasteiger partial charge in [-0.15, -0.1) is 0 Å². The SMILES string of the molecule is CCN(CC)S(=O)(=O)c1cc(-c2ccc(=O)n(CC(=O)Nc3cccc(C)c3C)n2)ccc1C. The summed E-state index contributed by atoms with van der Waals surface area (Å²) in [5, 5.41) is 7.16. The Kier molecular flexibility index (Phi) is 7.68. The van der Waals surface area contributed by atoms with Crippen LogP contribution in [-0.4, -0.2) is 41.5 Å². The minimum atomic E-state index is -3.67. The van der Waals surface area contributed by atoms with Gasteiger partial charge in [-0.25, -0.2) is 13.1 Å². The van der Waals surface area contributed by atoms with E-state index in [1.54, 1.807) is 45.0 Å². The highest BCUT2D eigenvalue weighted by molar-refractivity contribution is 7.89. The van der Waals surface area contributed by atoms with Crippen molar-refractivity contribution < 1.29 is 13.2 Å². The summed E-state index contributed by atoms with van der Waals surface area (Å²) in [4.78, 5) is 25.2. The van der Waals surface area contributed by atoms with Gasteiger partial charge in [-0.2, -0.15) is 9.40 Å². The van der Waals surface area contributed by atoms with Crippen LogP contribution in [-0.2, 0) is 21.4 Å². The van der Waals surface area contributed by atoms with E-state index in [2.05, 4.69) is 10.4 Å². The number of nitrogens with zero attached hydrogens (tertiary/aromatic N) is 3. The second kappa shape index (κ2) is 10.3. The highest BCUT2D eigenvalue weighted by Crippen LogP contribution is 2.26. The number of carbonyl (C=O) groups excluding carboxylic acids is 1. The predicted octanol–water partition coefficient (Wildman–Crippen LogP) is 3.50. The third-order valence-corrected chi connectivity index (χ3v) is 8.04. The fourth-order valence-electron chi connectivity index (χ4n) is 3.67. The van der Waals surface area contributed by atoms with Crippen LogP contribution in [0.5, 0.6) is 0 Å². The molecule has 0 saturated heterocycles. The molecule has 0 aliphatic carbocycles. The maximum atomic E-state index is 13.1. The summed E-state index contributed by atoms with van der Waals surface area (Å²) in [5.41, 5.74) is 3.81. The fourth-order valence-corrected chi connectivity index (χ4v) is 5.38. The number of nitrogens with one attached hydrogen (secondary N) is 1. The van der Waals surface area contributed by atoms with E-state index in [4.69, 9.17) is 0 Å². The molecule has 0 atom stereocenters. The first-order valence-electron chi connectivity index (χ1n) is 11.1. The molecule has 180 valence electrons. The number of benzene rings is 2. The smallest absolute Gasteiger partial charge is 0.267 e. The summed E-state index contributed by atoms with van der Waals surface area (Å²) in [6.45, 7) is 9.65. The average molecular weight is 483 g/mol. The molecule has 0 radical (unpaired) electrons. The van der Waals surface area contributed by atoms with Crippen LogP contribution >= 0.6 is 0 Å². The minimum Gasteiger partial charge on any atom is -0.324 e. The van der Waals surface area contributed by atoms with Gasteiger partial charge in [0, 0.05) is 30.4 Å². The number of sulfonamides is 1. The van der Waals surface area contributed by atoms with Crippen molar-refractivity contribution in [2.75, 3.05) is 18.4 Å². The molecular formula is C25H30N4O4S. The van der Waals surface area contributed by atoms with Crippen molar-refractivity contribution >= 4 is 21.6 Å². The zero-order valence-electron chi connectivity index (χ0n) is 20.1. The van der Waals surface area contributed by atoms with Crippen LogP contribution in [0.15, 0.2) is 58.2 Å². The highest BCUT2D eigenvalue weighted by Gasteiger charge is 2.24. The molecule has 9 heteroatoms. The van der Waals surface area contributed by atoms with E-state index in [0.717, 1.165) is 15.8 Å². The van der Waals surface area contributed by atoms with Crippen molar-refractivity contribution in [3.8, 4) is 11.3 Å². The van der Waals surface area contributed by atoms with Crippen molar-refractivity contribution in [1.29, 1.82) is 0 Å². The number of aryl methyl sites for hydroxylation is 2. The van der Waals surface area contributed by atoms with Crippen LogP contribution in [0.4, 0.5) is 5.69 Å². The zero-order chi connectivity index (χ0) is 25.0. The monoisotopic (exact) mass is 482 g/mol. The lowest BCUT2D eigenvalue weighted by atomic mass is 10.1. The van der Waals surface area contributed by atoms with Gasteiger partial charge in [-0.3, -0.25) is 9.59 Å². The van der Waals surface area contributed by atoms with Crippen LogP contribution in [0, 0.1) is 20.8 Å². The second-order valence-corrected chi connectivity index (χ2v) is 9.99. The predicted molar refractivity (Wildman–Crippen MR) is 133 cm³/mol. The molecule has 0 saturated carbocycles. The topological polar surface area (TPSA) is 101 Å². The van der Waals surface area contributed by atoms with Gasteiger partial charge in [0.15, 0.2) is 0 Å². The number of carbonyl (C=O) groups is 1. The molecule has 0 spiro atoms. The lowest BCUT2D eigenvalue weighted by molar-refractivity contribution is -0.117. The Hall–Kier alpha value is -3.30. The Morgan fingerprint density at radius 1 is 1.00 bits per heavy atom. The van der Waals surface area contributed by atoms with Gasteiger partial charge in [0.2, 0.25) is 15.9 Å². The molecule has 0 unspecified atom stereocenters. The van der Waals surface area contributed by atoms with E-state index >= 15 is 0 Å². The van der Waals surface area contributed by atoms with Gasteiger partial charge in [-0.05, 0) is 55.7 Å². The van der Waals surface area contributed by atoms with Gasteiger partial charge in [-0.1, -0.05) is 38.1 Å². The van der Waals surface area contributed by atoms with Crippen LogP contribution in [0.1, 0.15) is 30.5 Å². The first kappa shape index (κ1) is 25.3. The van der Waals surface area contributed by atoms with Gasteiger partial charge >= 0.3 is 0 Å². The van der Waals surface area contributed by atoms with E-state index in [1.165, 1.54) is 16.4 Å². The number of aromatic nitrogens is 2. The number of hydrogen-bond donors (Lipinski definition) is 1. The fraction of sp³-hybridized carbons (Fsp3) is 0.320. The minimum absolute atomic E-state index is 0.195. The van der Waals surface area contributed by atoms with Crippen molar-refractivity contribution in [1.82, 2.24) is 14.1 Å². The van der Waals surface area contributed by atoms with Crippen molar-refractivity contribution in [3.63, 3.8) is 0 Å². The first-order chi connectivity index (χ1) is 16.1. The summed E-state index contributed by atoms with van der Waals surface area (Å²) in [7, 11) is -3.67. The van der Waals surface area contributed by atoms with Gasteiger partial charge in [0.25, 0.3) is 5.56 Å². The third kappa shape index (κ3) is 5.26. The Morgan fingerprint density at radius 2 is 1.71 bits per heavy atom. The summed E-state index contributed by atoms with van der Waals surface area (Å²) < 4.78 is 28.6. The second-order valence-electron chi connectivity index (χ2n) is 8.08. The normalized spacial score (nSPS) is 11.6. The largest absolute Gasteiger partial charge is 0.324 e. The van der Waals surface area contributed by atoms with Crippen molar-refractivity contribution in [3.05, 3.63) is 75.6 Å². The van der Waals surface area contributed by atoms with Crippen LogP contribution < -0.4 is 10.9 Å². The molecule has 0 fully saturated rings. The van der Waals surface area contributed by atoms with Crippen LogP contribution in [0.3, 0.4) is 0 Å². The van der Waals surface area contributed by atoms with Gasteiger partial charge in [0.1, 0.15) is 6.54 Å². The molecule has 2 aromatic carbocycles. The van der Waals surface area contributed by atoms with E-state index in [9.17, 15) is 18.0 Å². The molecule has 1 amide bonds. The Labute approximate surface area is 200 Å². The summed E-state index contributed by atoms with van der Waals surface area (Å²) in [6.07, 6.45) is 0. The van der Waals surface area contributed by atoms with Crippen molar-refractivity contribution in [2.45, 2.75) is 46.1 Å². The van der Waals surface area contributed by atoms with E-state index in [0.29, 0.717) is 35.6 Å². The number of amides is 1.